The van der Waals surface area contributed by atoms with E-state index in [9.17, 15) is 4.79 Å². The number of guanidine groups is 1. The van der Waals surface area contributed by atoms with Crippen LogP contribution in [0.15, 0.2) is 89.9 Å². The first-order chi connectivity index (χ1) is 22.2. The summed E-state index contributed by atoms with van der Waals surface area (Å²) < 4.78 is 11.0. The Bertz CT molecular complexity index is 1830. The van der Waals surface area contributed by atoms with Crippen LogP contribution in [-0.2, 0) is 9.53 Å². The Labute approximate surface area is 267 Å². The van der Waals surface area contributed by atoms with Crippen LogP contribution in [0, 0.1) is 0 Å². The number of esters is 1. The number of nitrogens with zero attached hydrogens (tertiary/aromatic N) is 5. The minimum Gasteiger partial charge on any atom is -0.497 e. The van der Waals surface area contributed by atoms with E-state index in [1.807, 2.05) is 67.6 Å². The fraction of sp³-hybridized carbons (Fsp3) is 0.278. The second kappa shape index (κ2) is 12.7. The zero-order valence-corrected chi connectivity index (χ0v) is 26.3. The Balaban J connectivity index is 1.51. The van der Waals surface area contributed by atoms with E-state index in [1.54, 1.807) is 18.4 Å². The molecule has 0 amide bonds. The molecular weight excluding hydrogens is 582 g/mol. The number of likely N-dealkylation sites (tertiary alicyclic amines) is 1. The van der Waals surface area contributed by atoms with Gasteiger partial charge in [-0.1, -0.05) is 60.7 Å². The Morgan fingerprint density at radius 2 is 1.58 bits per heavy atom. The zero-order valence-electron chi connectivity index (χ0n) is 25.5. The molecule has 0 saturated carbocycles. The van der Waals surface area contributed by atoms with Crippen LogP contribution in [-0.4, -0.2) is 53.8 Å². The summed E-state index contributed by atoms with van der Waals surface area (Å²) in [5, 5.41) is 10.6. The number of aliphatic imine (C=N–C) groups is 1. The van der Waals surface area contributed by atoms with E-state index in [1.165, 1.54) is 6.42 Å². The molecule has 7 rings (SSSR count). The summed E-state index contributed by atoms with van der Waals surface area (Å²) in [6.07, 6.45) is 3.55. The SMILES string of the molecule is CCOC(=O)CC1c2sc3nnc(-c4ccccc4)c(-c4ccccc4)c3c2N=C(N2CCCCC2)N1c1ccc(OC)cc1. The van der Waals surface area contributed by atoms with Gasteiger partial charge in [0.25, 0.3) is 0 Å². The van der Waals surface area contributed by atoms with Crippen molar-refractivity contribution in [3.8, 4) is 28.1 Å². The van der Waals surface area contributed by atoms with Gasteiger partial charge in [0, 0.05) is 35.3 Å². The van der Waals surface area contributed by atoms with Gasteiger partial charge in [-0.2, -0.15) is 0 Å². The van der Waals surface area contributed by atoms with Crippen LogP contribution in [0.4, 0.5) is 11.4 Å². The van der Waals surface area contributed by atoms with Crippen molar-refractivity contribution in [1.29, 1.82) is 0 Å². The number of anilines is 1. The third-order valence-electron chi connectivity index (χ3n) is 8.42. The lowest BCUT2D eigenvalue weighted by molar-refractivity contribution is -0.143. The number of hydrogen-bond donors (Lipinski definition) is 0. The average molecular weight is 618 g/mol. The predicted molar refractivity (Wildman–Crippen MR) is 180 cm³/mol. The van der Waals surface area contributed by atoms with E-state index in [-0.39, 0.29) is 18.4 Å². The Kier molecular flexibility index (Phi) is 8.17. The van der Waals surface area contributed by atoms with Gasteiger partial charge in [0.1, 0.15) is 16.3 Å². The van der Waals surface area contributed by atoms with Crippen molar-refractivity contribution in [2.45, 2.75) is 38.6 Å². The molecule has 9 heteroatoms. The van der Waals surface area contributed by atoms with Gasteiger partial charge in [-0.15, -0.1) is 21.5 Å². The molecule has 0 spiro atoms. The molecule has 8 nitrogen and oxygen atoms in total. The molecule has 1 atom stereocenters. The number of fused-ring (bicyclic) bond motifs is 3. The van der Waals surface area contributed by atoms with Gasteiger partial charge in [0.05, 0.1) is 36.7 Å². The standard InChI is InChI=1S/C36H35N5O3S/c1-3-44-29(42)23-28-34-33(37-36(40-21-11-6-12-22-40)41(28)26-17-19-27(43-2)20-18-26)31-30(24-13-7-4-8-14-24)32(38-39-35(31)45-34)25-15-9-5-10-16-25/h4-5,7-10,13-20,28H,3,6,11-12,21-23H2,1-2H3. The van der Waals surface area contributed by atoms with Gasteiger partial charge in [-0.05, 0) is 56.0 Å². The molecule has 4 heterocycles. The number of benzene rings is 3. The molecule has 0 radical (unpaired) electrons. The molecule has 5 aromatic rings. The second-order valence-corrected chi connectivity index (χ2v) is 12.2. The molecule has 1 fully saturated rings. The predicted octanol–water partition coefficient (Wildman–Crippen LogP) is 8.02. The minimum atomic E-state index is -0.343. The van der Waals surface area contributed by atoms with Crippen molar-refractivity contribution in [2.24, 2.45) is 4.99 Å². The lowest BCUT2D eigenvalue weighted by atomic mass is 9.95. The summed E-state index contributed by atoms with van der Waals surface area (Å²) in [6.45, 7) is 3.97. The van der Waals surface area contributed by atoms with Crippen LogP contribution in [0.5, 0.6) is 5.75 Å². The highest BCUT2D eigenvalue weighted by atomic mass is 32.1. The van der Waals surface area contributed by atoms with Crippen molar-refractivity contribution in [1.82, 2.24) is 15.1 Å². The molecule has 2 aliphatic heterocycles. The lowest BCUT2D eigenvalue weighted by Crippen LogP contribution is -2.49. The number of carbonyl (C=O) groups excluding carboxylic acids is 1. The quantitative estimate of drug-likeness (QED) is 0.171. The highest BCUT2D eigenvalue weighted by Gasteiger charge is 2.39. The lowest BCUT2D eigenvalue weighted by Gasteiger charge is -2.42. The number of rotatable bonds is 7. The van der Waals surface area contributed by atoms with Crippen LogP contribution >= 0.6 is 11.3 Å². The van der Waals surface area contributed by atoms with E-state index < -0.39 is 0 Å². The Morgan fingerprint density at radius 1 is 0.889 bits per heavy atom. The zero-order chi connectivity index (χ0) is 30.8. The maximum atomic E-state index is 13.3. The van der Waals surface area contributed by atoms with Crippen molar-refractivity contribution in [2.75, 3.05) is 31.7 Å². The minimum absolute atomic E-state index is 0.173. The fourth-order valence-electron chi connectivity index (χ4n) is 6.34. The van der Waals surface area contributed by atoms with Gasteiger partial charge in [-0.3, -0.25) is 4.79 Å². The monoisotopic (exact) mass is 617 g/mol. The highest BCUT2D eigenvalue weighted by molar-refractivity contribution is 7.19. The Morgan fingerprint density at radius 3 is 2.24 bits per heavy atom. The van der Waals surface area contributed by atoms with Gasteiger partial charge in [-0.25, -0.2) is 4.99 Å². The largest absolute Gasteiger partial charge is 0.497 e. The summed E-state index contributed by atoms with van der Waals surface area (Å²) >= 11 is 1.56. The maximum Gasteiger partial charge on any atom is 0.308 e. The molecule has 2 aliphatic rings. The summed E-state index contributed by atoms with van der Waals surface area (Å²) in [7, 11) is 1.67. The molecule has 45 heavy (non-hydrogen) atoms. The van der Waals surface area contributed by atoms with Crippen LogP contribution in [0.1, 0.15) is 43.5 Å². The van der Waals surface area contributed by atoms with Crippen molar-refractivity contribution in [3.05, 3.63) is 89.8 Å². The normalized spacial score (nSPS) is 16.3. The van der Waals surface area contributed by atoms with Crippen molar-refractivity contribution < 1.29 is 14.3 Å². The van der Waals surface area contributed by atoms with Gasteiger partial charge >= 0.3 is 5.97 Å². The van der Waals surface area contributed by atoms with E-state index >= 15 is 0 Å². The molecule has 0 N–H and O–H groups in total. The van der Waals surface area contributed by atoms with Gasteiger partial charge < -0.3 is 19.3 Å². The topological polar surface area (TPSA) is 80.1 Å². The molecular formula is C36H35N5O3S. The average Bonchev–Trinajstić information content (AvgIpc) is 3.48. The first-order valence-electron chi connectivity index (χ1n) is 15.5. The summed E-state index contributed by atoms with van der Waals surface area (Å²) in [4.78, 5) is 25.1. The Hall–Kier alpha value is -4.76. The molecule has 1 saturated heterocycles. The van der Waals surface area contributed by atoms with Gasteiger partial charge in [0.2, 0.25) is 5.96 Å². The van der Waals surface area contributed by atoms with Gasteiger partial charge in [0.15, 0.2) is 0 Å². The number of methoxy groups -OCH3 is 1. The summed E-state index contributed by atoms with van der Waals surface area (Å²) in [5.41, 5.74) is 5.65. The second-order valence-electron chi connectivity index (χ2n) is 11.2. The summed E-state index contributed by atoms with van der Waals surface area (Å²) in [6, 6.07) is 28.2. The first kappa shape index (κ1) is 29.0. The number of piperidine rings is 1. The van der Waals surface area contributed by atoms with Crippen molar-refractivity contribution >= 4 is 44.9 Å². The first-order valence-corrected chi connectivity index (χ1v) is 16.3. The van der Waals surface area contributed by atoms with Crippen LogP contribution in [0.3, 0.4) is 0 Å². The third-order valence-corrected chi connectivity index (χ3v) is 9.59. The number of carbonyl (C=O) groups is 1. The van der Waals surface area contributed by atoms with E-state index in [0.717, 1.165) is 86.5 Å². The maximum absolute atomic E-state index is 13.3. The van der Waals surface area contributed by atoms with E-state index in [4.69, 9.17) is 24.7 Å². The molecule has 0 bridgehead atoms. The number of thiophene rings is 1. The van der Waals surface area contributed by atoms with E-state index in [0.29, 0.717) is 6.61 Å². The van der Waals surface area contributed by atoms with E-state index in [2.05, 4.69) is 34.1 Å². The molecule has 228 valence electrons. The van der Waals surface area contributed by atoms with Crippen LogP contribution < -0.4 is 9.64 Å². The molecule has 3 aromatic carbocycles. The fourth-order valence-corrected chi connectivity index (χ4v) is 7.50. The molecule has 0 aliphatic carbocycles. The molecule has 2 aromatic heterocycles. The van der Waals surface area contributed by atoms with Crippen molar-refractivity contribution in [3.63, 3.8) is 0 Å². The smallest absolute Gasteiger partial charge is 0.308 e. The third kappa shape index (κ3) is 5.53. The molecule has 1 unspecified atom stereocenters. The highest BCUT2D eigenvalue weighted by Crippen LogP contribution is 2.52. The number of aromatic nitrogens is 2. The number of hydrogen-bond acceptors (Lipinski definition) is 9. The number of ether oxygens (including phenoxy) is 2. The van der Waals surface area contributed by atoms with Crippen LogP contribution in [0.2, 0.25) is 0 Å². The summed E-state index contributed by atoms with van der Waals surface area (Å²) in [5.74, 6) is 1.37. The van der Waals surface area contributed by atoms with Crippen LogP contribution in [0.25, 0.3) is 32.6 Å².